The third-order valence-electron chi connectivity index (χ3n) is 7.70. The Morgan fingerprint density at radius 3 is 2.77 bits per heavy atom. The van der Waals surface area contributed by atoms with Crippen molar-refractivity contribution in [3.63, 3.8) is 0 Å². The number of benzene rings is 1. The molecule has 4 aromatic heterocycles. The lowest BCUT2D eigenvalue weighted by Crippen LogP contribution is -2.30. The van der Waals surface area contributed by atoms with Gasteiger partial charge in [-0.2, -0.15) is 10.2 Å². The Bertz CT molecular complexity index is 1540. The van der Waals surface area contributed by atoms with Crippen molar-refractivity contribution in [1.29, 1.82) is 0 Å². The summed E-state index contributed by atoms with van der Waals surface area (Å²) in [7, 11) is 0. The average molecular weight is 503 g/mol. The largest absolute Gasteiger partial charge is 0.355 e. The lowest BCUT2D eigenvalue weighted by atomic mass is 9.97. The van der Waals surface area contributed by atoms with Gasteiger partial charge in [0.05, 0.1) is 27.6 Å². The maximum absolute atomic E-state index is 6.64. The summed E-state index contributed by atoms with van der Waals surface area (Å²) in [6.07, 6.45) is 6.62. The number of hydrogen-bond acceptors (Lipinski definition) is 7. The maximum Gasteiger partial charge on any atom is 0.202 e. The van der Waals surface area contributed by atoms with Gasteiger partial charge >= 0.3 is 0 Å². The summed E-state index contributed by atoms with van der Waals surface area (Å²) in [6.45, 7) is 6.34. The number of fused-ring (bicyclic) bond motifs is 2. The van der Waals surface area contributed by atoms with E-state index in [1.54, 1.807) is 10.9 Å². The topological polar surface area (TPSA) is 88.4 Å². The fourth-order valence-corrected chi connectivity index (χ4v) is 7.35. The van der Waals surface area contributed by atoms with Crippen LogP contribution in [0.5, 0.6) is 0 Å². The van der Waals surface area contributed by atoms with Gasteiger partial charge in [0.2, 0.25) is 5.65 Å². The van der Waals surface area contributed by atoms with Gasteiger partial charge in [-0.3, -0.25) is 5.10 Å². The Kier molecular flexibility index (Phi) is 4.56. The van der Waals surface area contributed by atoms with E-state index in [2.05, 4.69) is 39.4 Å². The van der Waals surface area contributed by atoms with Crippen LogP contribution in [0.1, 0.15) is 24.0 Å². The molecule has 1 N–H and O–H groups in total. The standard InChI is InChI=1S/C25H23ClN8S/c1-3-25(24-29-14(2)13-35-24)17-11-33(12-18(17)25)20-10-27-22-21(31-32-23(22)30-20)16-6-5-15(9-19(16)26)34-8-4-7-28-34/h4-10,13,17-18H,3,11-12H2,1-2H3,(H,30,31,32)/t17-,18+,25?. The first-order valence-corrected chi connectivity index (χ1v) is 13.0. The first kappa shape index (κ1) is 21.0. The number of nitrogens with zero attached hydrogens (tertiary/aromatic N) is 7. The van der Waals surface area contributed by atoms with E-state index in [1.807, 2.05) is 48.0 Å². The Morgan fingerprint density at radius 2 is 2.09 bits per heavy atom. The molecule has 8 nitrogen and oxygen atoms in total. The summed E-state index contributed by atoms with van der Waals surface area (Å²) in [4.78, 5) is 16.8. The van der Waals surface area contributed by atoms with Gasteiger partial charge in [0.15, 0.2) is 0 Å². The van der Waals surface area contributed by atoms with Crippen molar-refractivity contribution >= 4 is 39.9 Å². The number of aromatic amines is 1. The summed E-state index contributed by atoms with van der Waals surface area (Å²) < 4.78 is 1.77. The third-order valence-corrected chi connectivity index (χ3v) is 9.17. The van der Waals surface area contributed by atoms with Gasteiger partial charge in [0.1, 0.15) is 11.3 Å². The molecule has 0 spiro atoms. The van der Waals surface area contributed by atoms with E-state index in [-0.39, 0.29) is 5.41 Å². The highest BCUT2D eigenvalue weighted by Gasteiger charge is 2.69. The van der Waals surface area contributed by atoms with Crippen LogP contribution in [0.2, 0.25) is 5.02 Å². The molecule has 35 heavy (non-hydrogen) atoms. The predicted octanol–water partition coefficient (Wildman–Crippen LogP) is 5.04. The van der Waals surface area contributed by atoms with E-state index >= 15 is 0 Å². The normalized spacial score (nSPS) is 23.2. The van der Waals surface area contributed by atoms with Crippen molar-refractivity contribution in [2.24, 2.45) is 11.8 Å². The molecule has 10 heteroatoms. The van der Waals surface area contributed by atoms with Crippen LogP contribution < -0.4 is 4.90 Å². The number of rotatable bonds is 5. The van der Waals surface area contributed by atoms with Crippen LogP contribution in [0.3, 0.4) is 0 Å². The number of aryl methyl sites for hydroxylation is 1. The molecule has 0 radical (unpaired) electrons. The Morgan fingerprint density at radius 1 is 1.23 bits per heavy atom. The van der Waals surface area contributed by atoms with Gasteiger partial charge < -0.3 is 4.90 Å². The smallest absolute Gasteiger partial charge is 0.202 e. The highest BCUT2D eigenvalue weighted by Crippen LogP contribution is 2.66. The number of piperidine rings is 1. The molecule has 1 saturated heterocycles. The number of halogens is 1. The molecular weight excluding hydrogens is 480 g/mol. The van der Waals surface area contributed by atoms with Gasteiger partial charge in [0, 0.05) is 47.5 Å². The van der Waals surface area contributed by atoms with Crippen LogP contribution in [0.15, 0.2) is 48.2 Å². The highest BCUT2D eigenvalue weighted by atomic mass is 35.5. The molecule has 5 aromatic rings. The molecule has 2 aliphatic rings. The van der Waals surface area contributed by atoms with Crippen LogP contribution in [0, 0.1) is 18.8 Å². The molecule has 1 aliphatic carbocycles. The second-order valence-electron chi connectivity index (χ2n) is 9.42. The fourth-order valence-electron chi connectivity index (χ4n) is 5.88. The molecule has 176 valence electrons. The zero-order valence-corrected chi connectivity index (χ0v) is 20.9. The monoisotopic (exact) mass is 502 g/mol. The van der Waals surface area contributed by atoms with Crippen LogP contribution in [-0.4, -0.2) is 48.0 Å². The van der Waals surface area contributed by atoms with Crippen molar-refractivity contribution in [2.75, 3.05) is 18.0 Å². The fraction of sp³-hybridized carbons (Fsp3) is 0.320. The Balaban J connectivity index is 1.15. The number of nitrogens with one attached hydrogen (secondary N) is 1. The SMILES string of the molecule is CCC1(c2nc(C)cs2)[C@@H]2CN(c3cnc4c(-c5ccc(-n6cccn6)cc5Cl)[nH]nc4n3)C[C@@H]21. The predicted molar refractivity (Wildman–Crippen MR) is 137 cm³/mol. The van der Waals surface area contributed by atoms with Gasteiger partial charge in [-0.15, -0.1) is 11.3 Å². The molecule has 1 aliphatic heterocycles. The molecule has 0 bridgehead atoms. The number of hydrogen-bond donors (Lipinski definition) is 1. The molecule has 1 aromatic carbocycles. The third kappa shape index (κ3) is 3.07. The highest BCUT2D eigenvalue weighted by molar-refractivity contribution is 7.09. The summed E-state index contributed by atoms with van der Waals surface area (Å²) in [5, 5.41) is 15.9. The van der Waals surface area contributed by atoms with Crippen LogP contribution in [-0.2, 0) is 5.41 Å². The zero-order chi connectivity index (χ0) is 23.7. The van der Waals surface area contributed by atoms with Crippen LogP contribution in [0.25, 0.3) is 28.1 Å². The summed E-state index contributed by atoms with van der Waals surface area (Å²) >= 11 is 8.45. The van der Waals surface area contributed by atoms with Gasteiger partial charge in [-0.05, 0) is 49.4 Å². The number of aromatic nitrogens is 7. The molecule has 7 rings (SSSR count). The summed E-state index contributed by atoms with van der Waals surface area (Å²) in [5.74, 6) is 2.12. The van der Waals surface area contributed by atoms with Gasteiger partial charge in [-0.1, -0.05) is 18.5 Å². The lowest BCUT2D eigenvalue weighted by molar-refractivity contribution is 0.523. The minimum absolute atomic E-state index is 0.242. The Hall–Kier alpha value is -3.30. The van der Waals surface area contributed by atoms with Crippen molar-refractivity contribution in [3.05, 3.63) is 64.0 Å². The van der Waals surface area contributed by atoms with Crippen LogP contribution in [0.4, 0.5) is 5.82 Å². The quantitative estimate of drug-likeness (QED) is 0.362. The molecular formula is C25H23ClN8S. The first-order valence-electron chi connectivity index (χ1n) is 11.8. The second-order valence-corrected chi connectivity index (χ2v) is 10.7. The van der Waals surface area contributed by atoms with Gasteiger partial charge in [-0.25, -0.2) is 19.6 Å². The van der Waals surface area contributed by atoms with Crippen molar-refractivity contribution < 1.29 is 0 Å². The summed E-state index contributed by atoms with van der Waals surface area (Å²) in [6, 6.07) is 7.70. The Labute approximate surface area is 211 Å². The molecule has 2 fully saturated rings. The van der Waals surface area contributed by atoms with E-state index in [0.29, 0.717) is 28.0 Å². The maximum atomic E-state index is 6.64. The van der Waals surface area contributed by atoms with E-state index in [9.17, 15) is 0 Å². The minimum Gasteiger partial charge on any atom is -0.355 e. The minimum atomic E-state index is 0.242. The van der Waals surface area contributed by atoms with E-state index < -0.39 is 0 Å². The number of anilines is 1. The zero-order valence-electron chi connectivity index (χ0n) is 19.3. The molecule has 1 saturated carbocycles. The first-order chi connectivity index (χ1) is 17.1. The average Bonchev–Trinajstić information content (AvgIpc) is 3.53. The van der Waals surface area contributed by atoms with E-state index in [1.165, 1.54) is 5.01 Å². The van der Waals surface area contributed by atoms with Crippen molar-refractivity contribution in [3.8, 4) is 16.9 Å². The second kappa shape index (κ2) is 7.60. The molecule has 1 unspecified atom stereocenters. The molecule has 3 atom stereocenters. The number of H-pyrrole nitrogens is 1. The number of thiazole rings is 1. The van der Waals surface area contributed by atoms with E-state index in [0.717, 1.165) is 48.0 Å². The lowest BCUT2D eigenvalue weighted by Gasteiger charge is -2.25. The van der Waals surface area contributed by atoms with E-state index in [4.69, 9.17) is 26.6 Å². The molecule has 5 heterocycles. The molecule has 0 amide bonds. The van der Waals surface area contributed by atoms with Gasteiger partial charge in [0.25, 0.3) is 0 Å². The van der Waals surface area contributed by atoms with Crippen LogP contribution >= 0.6 is 22.9 Å². The van der Waals surface area contributed by atoms with Crippen molar-refractivity contribution in [2.45, 2.75) is 25.7 Å². The summed E-state index contributed by atoms with van der Waals surface area (Å²) in [5.41, 5.74) is 5.18. The van der Waals surface area contributed by atoms with Crippen molar-refractivity contribution in [1.82, 2.24) is 34.9 Å².